The van der Waals surface area contributed by atoms with Gasteiger partial charge in [0.1, 0.15) is 5.82 Å². The zero-order valence-corrected chi connectivity index (χ0v) is 15.3. The van der Waals surface area contributed by atoms with Crippen molar-refractivity contribution in [2.24, 2.45) is 7.05 Å². The molecule has 1 fully saturated rings. The zero-order chi connectivity index (χ0) is 19.4. The lowest BCUT2D eigenvalue weighted by Gasteiger charge is -2.22. The zero-order valence-electron chi connectivity index (χ0n) is 15.3. The van der Waals surface area contributed by atoms with Crippen molar-refractivity contribution >= 4 is 5.91 Å². The second-order valence-electron chi connectivity index (χ2n) is 6.80. The molecular formula is C19H23FN4O3. The fourth-order valence-electron chi connectivity index (χ4n) is 3.24. The molecule has 0 bridgehead atoms. The Hall–Kier alpha value is -2.74. The molecule has 0 aliphatic carbocycles. The van der Waals surface area contributed by atoms with Crippen LogP contribution in [0.3, 0.4) is 0 Å². The van der Waals surface area contributed by atoms with Gasteiger partial charge < -0.3 is 9.88 Å². The van der Waals surface area contributed by atoms with E-state index < -0.39 is 11.2 Å². The van der Waals surface area contributed by atoms with Crippen molar-refractivity contribution in [3.63, 3.8) is 0 Å². The number of nitrogens with zero attached hydrogens (tertiary/aromatic N) is 3. The van der Waals surface area contributed by atoms with Crippen LogP contribution in [0.4, 0.5) is 4.39 Å². The van der Waals surface area contributed by atoms with Crippen LogP contribution in [0.5, 0.6) is 0 Å². The van der Waals surface area contributed by atoms with Crippen molar-refractivity contribution in [1.82, 2.24) is 19.4 Å². The van der Waals surface area contributed by atoms with Gasteiger partial charge in [0, 0.05) is 51.5 Å². The Balaban J connectivity index is 1.59. The molecule has 0 atom stereocenters. The van der Waals surface area contributed by atoms with E-state index in [1.54, 1.807) is 17.0 Å². The minimum atomic E-state index is -0.498. The highest BCUT2D eigenvalue weighted by molar-refractivity contribution is 5.78. The highest BCUT2D eigenvalue weighted by Gasteiger charge is 2.20. The summed E-state index contributed by atoms with van der Waals surface area (Å²) in [6.07, 6.45) is 2.12. The van der Waals surface area contributed by atoms with Gasteiger partial charge in [-0.05, 0) is 24.1 Å². The summed E-state index contributed by atoms with van der Waals surface area (Å²) in [6, 6.07) is 6.45. The predicted molar refractivity (Wildman–Crippen MR) is 98.9 cm³/mol. The number of rotatable bonds is 4. The lowest BCUT2D eigenvalue weighted by atomic mass is 10.2. The van der Waals surface area contributed by atoms with E-state index in [0.717, 1.165) is 23.1 Å². The van der Waals surface area contributed by atoms with E-state index in [1.807, 2.05) is 0 Å². The number of halogens is 1. The van der Waals surface area contributed by atoms with Crippen LogP contribution < -0.4 is 11.2 Å². The van der Waals surface area contributed by atoms with Gasteiger partial charge in [-0.2, -0.15) is 0 Å². The number of benzene rings is 1. The molecule has 2 heterocycles. The summed E-state index contributed by atoms with van der Waals surface area (Å²) in [6.45, 7) is 3.48. The summed E-state index contributed by atoms with van der Waals surface area (Å²) in [4.78, 5) is 42.6. The molecule has 1 aromatic carbocycles. The molecule has 1 aliphatic heterocycles. The number of carbonyl (C=O) groups is 1. The van der Waals surface area contributed by atoms with Crippen LogP contribution >= 0.6 is 0 Å². The van der Waals surface area contributed by atoms with E-state index in [2.05, 4.69) is 9.88 Å². The Morgan fingerprint density at radius 3 is 2.59 bits per heavy atom. The lowest BCUT2D eigenvalue weighted by Crippen LogP contribution is -2.39. The number of H-pyrrole nitrogens is 1. The summed E-state index contributed by atoms with van der Waals surface area (Å²) in [5.74, 6) is -0.373. The third-order valence-corrected chi connectivity index (χ3v) is 4.86. The standard InChI is InChI=1S/C19H23FN4O3/c1-22-18(26)15(12-21-19(22)27)11-17(25)24-8-2-7-23(9-10-24)13-14-3-5-16(20)6-4-14/h3-6,12H,2,7-11,13H2,1H3,(H,21,27). The third-order valence-electron chi connectivity index (χ3n) is 4.86. The molecule has 0 unspecified atom stereocenters. The molecule has 1 saturated heterocycles. The lowest BCUT2D eigenvalue weighted by molar-refractivity contribution is -0.130. The van der Waals surface area contributed by atoms with Crippen LogP contribution in [0, 0.1) is 5.82 Å². The van der Waals surface area contributed by atoms with Crippen molar-refractivity contribution in [3.8, 4) is 0 Å². The Bertz CT molecular complexity index is 920. The molecule has 0 radical (unpaired) electrons. The highest BCUT2D eigenvalue weighted by atomic mass is 19.1. The number of aromatic amines is 1. The first-order chi connectivity index (χ1) is 12.9. The van der Waals surface area contributed by atoms with Crippen LogP contribution in [0.2, 0.25) is 0 Å². The van der Waals surface area contributed by atoms with Gasteiger partial charge >= 0.3 is 5.69 Å². The van der Waals surface area contributed by atoms with Gasteiger partial charge in [-0.1, -0.05) is 12.1 Å². The van der Waals surface area contributed by atoms with E-state index >= 15 is 0 Å². The Labute approximate surface area is 156 Å². The molecule has 1 aliphatic rings. The number of amides is 1. The molecule has 7 nitrogen and oxygen atoms in total. The molecule has 0 saturated carbocycles. The number of carbonyl (C=O) groups excluding carboxylic acids is 1. The SMILES string of the molecule is Cn1c(=O)[nH]cc(CC(=O)N2CCCN(Cc3ccc(F)cc3)CC2)c1=O. The van der Waals surface area contributed by atoms with E-state index in [1.165, 1.54) is 25.4 Å². The predicted octanol–water partition coefficient (Wildman–Crippen LogP) is 0.490. The second-order valence-corrected chi connectivity index (χ2v) is 6.80. The molecule has 2 aromatic rings. The fourth-order valence-corrected chi connectivity index (χ4v) is 3.24. The number of nitrogens with one attached hydrogen (secondary N) is 1. The van der Waals surface area contributed by atoms with E-state index in [0.29, 0.717) is 26.2 Å². The molecule has 3 rings (SSSR count). The van der Waals surface area contributed by atoms with Crippen molar-refractivity contribution in [2.45, 2.75) is 19.4 Å². The molecule has 0 spiro atoms. The Morgan fingerprint density at radius 1 is 1.11 bits per heavy atom. The van der Waals surface area contributed by atoms with Gasteiger partial charge in [-0.15, -0.1) is 0 Å². The monoisotopic (exact) mass is 374 g/mol. The average Bonchev–Trinajstić information content (AvgIpc) is 2.90. The minimum Gasteiger partial charge on any atom is -0.341 e. The van der Waals surface area contributed by atoms with Gasteiger partial charge in [0.25, 0.3) is 5.56 Å². The summed E-state index contributed by atoms with van der Waals surface area (Å²) in [7, 11) is 1.38. The van der Waals surface area contributed by atoms with Crippen LogP contribution in [-0.4, -0.2) is 51.4 Å². The topological polar surface area (TPSA) is 78.4 Å². The summed E-state index contributed by atoms with van der Waals surface area (Å²) in [5.41, 5.74) is 0.379. The molecule has 144 valence electrons. The largest absolute Gasteiger partial charge is 0.341 e. The maximum Gasteiger partial charge on any atom is 0.328 e. The van der Waals surface area contributed by atoms with Gasteiger partial charge in [0.15, 0.2) is 0 Å². The van der Waals surface area contributed by atoms with Crippen molar-refractivity contribution in [1.29, 1.82) is 0 Å². The van der Waals surface area contributed by atoms with Crippen LogP contribution in [-0.2, 0) is 24.8 Å². The molecule has 8 heteroatoms. The smallest absolute Gasteiger partial charge is 0.328 e. The molecule has 27 heavy (non-hydrogen) atoms. The maximum absolute atomic E-state index is 13.0. The second kappa shape index (κ2) is 8.30. The first kappa shape index (κ1) is 19.0. The van der Waals surface area contributed by atoms with Crippen molar-refractivity contribution in [3.05, 3.63) is 68.2 Å². The van der Waals surface area contributed by atoms with E-state index in [4.69, 9.17) is 0 Å². The van der Waals surface area contributed by atoms with Gasteiger partial charge in [0.2, 0.25) is 5.91 Å². The van der Waals surface area contributed by atoms with Gasteiger partial charge in [-0.3, -0.25) is 19.1 Å². The van der Waals surface area contributed by atoms with Crippen LogP contribution in [0.1, 0.15) is 17.5 Å². The quantitative estimate of drug-likeness (QED) is 0.845. The minimum absolute atomic E-state index is 0.0264. The van der Waals surface area contributed by atoms with Crippen LogP contribution in [0.25, 0.3) is 0 Å². The van der Waals surface area contributed by atoms with Crippen molar-refractivity contribution < 1.29 is 9.18 Å². The molecular weight excluding hydrogens is 351 g/mol. The fraction of sp³-hybridized carbons (Fsp3) is 0.421. The Kier molecular flexibility index (Phi) is 5.85. The number of hydrogen-bond acceptors (Lipinski definition) is 4. The number of hydrogen-bond donors (Lipinski definition) is 1. The van der Waals surface area contributed by atoms with E-state index in [9.17, 15) is 18.8 Å². The molecule has 1 aromatic heterocycles. The first-order valence-electron chi connectivity index (χ1n) is 8.96. The van der Waals surface area contributed by atoms with Gasteiger partial charge in [0.05, 0.1) is 6.42 Å². The molecule has 1 N–H and O–H groups in total. The normalized spacial score (nSPS) is 15.6. The van der Waals surface area contributed by atoms with Crippen molar-refractivity contribution in [2.75, 3.05) is 26.2 Å². The third kappa shape index (κ3) is 4.71. The Morgan fingerprint density at radius 2 is 1.85 bits per heavy atom. The summed E-state index contributed by atoms with van der Waals surface area (Å²) < 4.78 is 14.0. The van der Waals surface area contributed by atoms with E-state index in [-0.39, 0.29) is 23.7 Å². The number of aromatic nitrogens is 2. The summed E-state index contributed by atoms with van der Waals surface area (Å²) >= 11 is 0. The first-order valence-corrected chi connectivity index (χ1v) is 8.96. The summed E-state index contributed by atoms with van der Waals surface area (Å²) in [5, 5.41) is 0. The highest BCUT2D eigenvalue weighted by Crippen LogP contribution is 2.11. The maximum atomic E-state index is 13.0. The average molecular weight is 374 g/mol. The van der Waals surface area contributed by atoms with Gasteiger partial charge in [-0.25, -0.2) is 9.18 Å². The molecule has 1 amide bonds. The van der Waals surface area contributed by atoms with Crippen LogP contribution in [0.15, 0.2) is 40.1 Å².